The number of aromatic nitrogens is 2. The average Bonchev–Trinajstić information content (AvgIpc) is 2.75. The Bertz CT molecular complexity index is 960. The zero-order valence-electron chi connectivity index (χ0n) is 16.1. The van der Waals surface area contributed by atoms with Gasteiger partial charge < -0.3 is 15.2 Å². The number of halogens is 1. The maximum atomic E-state index is 13.4. The Kier molecular flexibility index (Phi) is 7.43. The number of amides is 1. The van der Waals surface area contributed by atoms with Crippen molar-refractivity contribution in [3.8, 4) is 0 Å². The molecule has 1 aliphatic rings. The molecule has 1 saturated heterocycles. The molecule has 0 aliphatic carbocycles. The number of sulfonamides is 1. The standard InChI is InChI=1S/C19H23FN4O5S/c20-13-2-1-3-15(10-13)30(27,28)24-16-5-4-14(29-18(16)12-25)6-7-23-19(26)17-11-21-8-9-22-17/h1-3,8-11,14,16,18,24-25H,4-7,12H2,(H,23,26)/t14-,16+,18+/m1/s1. The van der Waals surface area contributed by atoms with Crippen molar-refractivity contribution in [3.63, 3.8) is 0 Å². The number of benzene rings is 1. The van der Waals surface area contributed by atoms with Crippen LogP contribution >= 0.6 is 0 Å². The van der Waals surface area contributed by atoms with Crippen LogP contribution in [0.4, 0.5) is 4.39 Å². The summed E-state index contributed by atoms with van der Waals surface area (Å²) >= 11 is 0. The van der Waals surface area contributed by atoms with E-state index in [1.54, 1.807) is 0 Å². The molecule has 9 nitrogen and oxygen atoms in total. The number of aliphatic hydroxyl groups excluding tert-OH is 1. The molecule has 0 spiro atoms. The van der Waals surface area contributed by atoms with Crippen LogP contribution in [0.5, 0.6) is 0 Å². The highest BCUT2D eigenvalue weighted by molar-refractivity contribution is 7.89. The van der Waals surface area contributed by atoms with Crippen molar-refractivity contribution in [2.45, 2.75) is 42.4 Å². The Labute approximate surface area is 173 Å². The molecule has 1 fully saturated rings. The number of carbonyl (C=O) groups excluding carboxylic acids is 1. The first kappa shape index (κ1) is 22.2. The number of hydrogen-bond donors (Lipinski definition) is 3. The quantitative estimate of drug-likeness (QED) is 0.551. The minimum atomic E-state index is -3.95. The van der Waals surface area contributed by atoms with E-state index < -0.39 is 28.0 Å². The molecule has 0 saturated carbocycles. The Morgan fingerprint density at radius 1 is 1.30 bits per heavy atom. The molecular formula is C19H23FN4O5S. The second-order valence-electron chi connectivity index (χ2n) is 6.88. The summed E-state index contributed by atoms with van der Waals surface area (Å²) in [5, 5.41) is 12.4. The van der Waals surface area contributed by atoms with Crippen LogP contribution in [0.2, 0.25) is 0 Å². The summed E-state index contributed by atoms with van der Waals surface area (Å²) in [5.74, 6) is -1.00. The zero-order chi connectivity index (χ0) is 21.6. The van der Waals surface area contributed by atoms with E-state index in [4.69, 9.17) is 4.74 Å². The highest BCUT2D eigenvalue weighted by Gasteiger charge is 2.34. The van der Waals surface area contributed by atoms with Crippen molar-refractivity contribution < 1.29 is 27.4 Å². The Morgan fingerprint density at radius 2 is 2.13 bits per heavy atom. The van der Waals surface area contributed by atoms with E-state index >= 15 is 0 Å². The van der Waals surface area contributed by atoms with Crippen LogP contribution in [0, 0.1) is 5.82 Å². The van der Waals surface area contributed by atoms with Gasteiger partial charge in [0.1, 0.15) is 11.5 Å². The molecule has 1 aromatic heterocycles. The monoisotopic (exact) mass is 438 g/mol. The van der Waals surface area contributed by atoms with Crippen LogP contribution in [0.1, 0.15) is 29.8 Å². The van der Waals surface area contributed by atoms with E-state index in [1.807, 2.05) is 0 Å². The first-order valence-electron chi connectivity index (χ1n) is 9.47. The maximum absolute atomic E-state index is 13.4. The Hall–Kier alpha value is -2.47. The number of carbonyl (C=O) groups is 1. The van der Waals surface area contributed by atoms with Gasteiger partial charge >= 0.3 is 0 Å². The van der Waals surface area contributed by atoms with Gasteiger partial charge in [-0.05, 0) is 37.5 Å². The third kappa shape index (κ3) is 5.79. The fourth-order valence-corrected chi connectivity index (χ4v) is 4.56. The Balaban J connectivity index is 1.51. The molecule has 1 amide bonds. The average molecular weight is 438 g/mol. The third-order valence-electron chi connectivity index (χ3n) is 4.76. The second-order valence-corrected chi connectivity index (χ2v) is 8.59. The van der Waals surface area contributed by atoms with Gasteiger partial charge in [0.2, 0.25) is 10.0 Å². The van der Waals surface area contributed by atoms with E-state index in [9.17, 15) is 22.7 Å². The summed E-state index contributed by atoms with van der Waals surface area (Å²) < 4.78 is 46.7. The normalized spacial score (nSPS) is 21.9. The minimum Gasteiger partial charge on any atom is -0.394 e. The number of ether oxygens (including phenoxy) is 1. The highest BCUT2D eigenvalue weighted by atomic mass is 32.2. The maximum Gasteiger partial charge on any atom is 0.271 e. The zero-order valence-corrected chi connectivity index (χ0v) is 16.9. The molecule has 3 rings (SSSR count). The van der Waals surface area contributed by atoms with Crippen LogP contribution in [-0.4, -0.2) is 60.8 Å². The number of hydrogen-bond acceptors (Lipinski definition) is 7. The molecule has 0 radical (unpaired) electrons. The van der Waals surface area contributed by atoms with Crippen LogP contribution in [0.3, 0.4) is 0 Å². The van der Waals surface area contributed by atoms with Crippen molar-refractivity contribution in [2.24, 2.45) is 0 Å². The topological polar surface area (TPSA) is 131 Å². The van der Waals surface area contributed by atoms with Crippen LogP contribution < -0.4 is 10.0 Å². The van der Waals surface area contributed by atoms with Gasteiger partial charge in [0, 0.05) is 18.9 Å². The molecule has 11 heteroatoms. The van der Waals surface area contributed by atoms with E-state index in [2.05, 4.69) is 20.0 Å². The summed E-state index contributed by atoms with van der Waals surface area (Å²) in [7, 11) is -3.95. The largest absolute Gasteiger partial charge is 0.394 e. The molecule has 1 aliphatic heterocycles. The minimum absolute atomic E-state index is 0.187. The van der Waals surface area contributed by atoms with Gasteiger partial charge in [0.25, 0.3) is 5.91 Å². The Morgan fingerprint density at radius 3 is 2.83 bits per heavy atom. The van der Waals surface area contributed by atoms with Crippen molar-refractivity contribution in [3.05, 3.63) is 54.4 Å². The SMILES string of the molecule is O=C(NCC[C@H]1CC[C@H](NS(=O)(=O)c2cccc(F)c2)[C@H](CO)O1)c1cnccn1. The van der Waals surface area contributed by atoms with E-state index in [-0.39, 0.29) is 29.2 Å². The molecule has 3 atom stereocenters. The van der Waals surface area contributed by atoms with Gasteiger partial charge in [-0.25, -0.2) is 22.5 Å². The van der Waals surface area contributed by atoms with Crippen molar-refractivity contribution >= 4 is 15.9 Å². The lowest BCUT2D eigenvalue weighted by Gasteiger charge is -2.36. The van der Waals surface area contributed by atoms with Crippen LogP contribution in [0.15, 0.2) is 47.8 Å². The first-order valence-corrected chi connectivity index (χ1v) is 11.0. The van der Waals surface area contributed by atoms with Gasteiger partial charge in [-0.15, -0.1) is 0 Å². The number of aliphatic hydroxyl groups is 1. The summed E-state index contributed by atoms with van der Waals surface area (Å²) in [4.78, 5) is 19.5. The fraction of sp³-hybridized carbons (Fsp3) is 0.421. The van der Waals surface area contributed by atoms with Crippen molar-refractivity contribution in [1.29, 1.82) is 0 Å². The summed E-state index contributed by atoms with van der Waals surface area (Å²) in [6.45, 7) is -0.0449. The van der Waals surface area contributed by atoms with Crippen LogP contribution in [0.25, 0.3) is 0 Å². The summed E-state index contributed by atoms with van der Waals surface area (Å²) in [5.41, 5.74) is 0.210. The van der Waals surface area contributed by atoms with E-state index in [0.717, 1.165) is 12.1 Å². The predicted molar refractivity (Wildman–Crippen MR) is 104 cm³/mol. The first-order chi connectivity index (χ1) is 14.4. The molecule has 2 heterocycles. The van der Waals surface area contributed by atoms with Crippen LogP contribution in [-0.2, 0) is 14.8 Å². The highest BCUT2D eigenvalue weighted by Crippen LogP contribution is 2.23. The predicted octanol–water partition coefficient (Wildman–Crippen LogP) is 0.623. The lowest BCUT2D eigenvalue weighted by Crippen LogP contribution is -2.51. The number of nitrogens with zero attached hydrogens (tertiary/aromatic N) is 2. The number of nitrogens with one attached hydrogen (secondary N) is 2. The van der Waals surface area contributed by atoms with Gasteiger partial charge in [-0.2, -0.15) is 0 Å². The van der Waals surface area contributed by atoms with Gasteiger partial charge in [-0.3, -0.25) is 9.78 Å². The van der Waals surface area contributed by atoms with Gasteiger partial charge in [0.05, 0.1) is 35.9 Å². The van der Waals surface area contributed by atoms with Crippen molar-refractivity contribution in [1.82, 2.24) is 20.0 Å². The van der Waals surface area contributed by atoms with Gasteiger partial charge in [0.15, 0.2) is 0 Å². The summed E-state index contributed by atoms with van der Waals surface area (Å²) in [6.07, 6.45) is 4.73. The second kappa shape index (κ2) is 10.0. The molecule has 2 aromatic rings. The molecule has 0 bridgehead atoms. The molecular weight excluding hydrogens is 415 g/mol. The lowest BCUT2D eigenvalue weighted by molar-refractivity contribution is -0.0871. The number of rotatable bonds is 8. The van der Waals surface area contributed by atoms with Gasteiger partial charge in [-0.1, -0.05) is 6.07 Å². The fourth-order valence-electron chi connectivity index (χ4n) is 3.23. The van der Waals surface area contributed by atoms with E-state index in [0.29, 0.717) is 25.8 Å². The lowest BCUT2D eigenvalue weighted by atomic mass is 9.98. The molecule has 0 unspecified atom stereocenters. The summed E-state index contributed by atoms with van der Waals surface area (Å²) in [6, 6.07) is 4.06. The molecule has 1 aromatic carbocycles. The smallest absolute Gasteiger partial charge is 0.271 e. The molecule has 162 valence electrons. The van der Waals surface area contributed by atoms with Crippen molar-refractivity contribution in [2.75, 3.05) is 13.2 Å². The van der Waals surface area contributed by atoms with E-state index in [1.165, 1.54) is 30.7 Å². The third-order valence-corrected chi connectivity index (χ3v) is 6.24. The molecule has 3 N–H and O–H groups in total. The molecule has 30 heavy (non-hydrogen) atoms.